The van der Waals surface area contributed by atoms with Crippen LogP contribution in [0.25, 0.3) is 0 Å². The molecule has 0 spiro atoms. The third kappa shape index (κ3) is 2.85. The number of pyridine rings is 1. The lowest BCUT2D eigenvalue weighted by Gasteiger charge is -2.33. The molecule has 1 atom stereocenters. The molecule has 1 aromatic heterocycles. The van der Waals surface area contributed by atoms with Crippen molar-refractivity contribution in [3.63, 3.8) is 0 Å². The molecule has 1 unspecified atom stereocenters. The van der Waals surface area contributed by atoms with E-state index in [2.05, 4.69) is 10.3 Å². The number of hydrogen-bond donors (Lipinski definition) is 1. The van der Waals surface area contributed by atoms with Gasteiger partial charge in [-0.25, -0.2) is 9.37 Å². The summed E-state index contributed by atoms with van der Waals surface area (Å²) in [5.74, 6) is 0.122. The molecule has 2 aliphatic rings. The molecule has 2 heterocycles. The molecule has 19 heavy (non-hydrogen) atoms. The van der Waals surface area contributed by atoms with Crippen molar-refractivity contribution in [2.75, 3.05) is 18.0 Å². The van der Waals surface area contributed by atoms with E-state index in [9.17, 15) is 9.18 Å². The van der Waals surface area contributed by atoms with Gasteiger partial charge >= 0.3 is 0 Å². The van der Waals surface area contributed by atoms with E-state index in [0.29, 0.717) is 18.4 Å². The molecule has 1 aliphatic carbocycles. The highest BCUT2D eigenvalue weighted by Gasteiger charge is 2.31. The summed E-state index contributed by atoms with van der Waals surface area (Å²) in [6.07, 6.45) is 5.56. The zero-order valence-electron chi connectivity index (χ0n) is 10.8. The summed E-state index contributed by atoms with van der Waals surface area (Å²) in [7, 11) is 0. The lowest BCUT2D eigenvalue weighted by Crippen LogP contribution is -2.44. The molecular formula is C14H18FN3O. The number of piperidine rings is 1. The second kappa shape index (κ2) is 5.15. The van der Waals surface area contributed by atoms with Gasteiger partial charge in [0.15, 0.2) is 11.6 Å². The summed E-state index contributed by atoms with van der Waals surface area (Å²) in [6.45, 7) is 1.33. The Morgan fingerprint density at radius 2 is 2.26 bits per heavy atom. The molecule has 5 heteroatoms. The van der Waals surface area contributed by atoms with Gasteiger partial charge in [-0.3, -0.25) is 4.79 Å². The highest BCUT2D eigenvalue weighted by Crippen LogP contribution is 2.25. The monoisotopic (exact) mass is 263 g/mol. The summed E-state index contributed by atoms with van der Waals surface area (Å²) in [6, 6.07) is 3.38. The van der Waals surface area contributed by atoms with E-state index < -0.39 is 0 Å². The van der Waals surface area contributed by atoms with Crippen LogP contribution in [-0.2, 0) is 4.79 Å². The molecule has 1 saturated heterocycles. The van der Waals surface area contributed by atoms with E-state index in [0.717, 1.165) is 32.2 Å². The number of rotatable bonds is 3. The van der Waals surface area contributed by atoms with Crippen molar-refractivity contribution in [1.29, 1.82) is 0 Å². The van der Waals surface area contributed by atoms with Crippen molar-refractivity contribution in [1.82, 2.24) is 10.3 Å². The van der Waals surface area contributed by atoms with E-state index in [-0.39, 0.29) is 17.6 Å². The van der Waals surface area contributed by atoms with Crippen molar-refractivity contribution in [2.45, 2.75) is 31.7 Å². The van der Waals surface area contributed by atoms with Crippen molar-refractivity contribution in [3.05, 3.63) is 24.1 Å². The second-order valence-electron chi connectivity index (χ2n) is 5.38. The van der Waals surface area contributed by atoms with Crippen molar-refractivity contribution in [2.24, 2.45) is 5.92 Å². The average molecular weight is 263 g/mol. The topological polar surface area (TPSA) is 45.2 Å². The third-order valence-corrected chi connectivity index (χ3v) is 3.75. The standard InChI is InChI=1S/C14H18FN3O/c15-12-4-1-7-16-13(12)18-8-2-3-10(9-18)14(19)17-11-5-6-11/h1,4,7,10-11H,2-3,5-6,8-9H2,(H,17,19). The molecule has 102 valence electrons. The van der Waals surface area contributed by atoms with Crippen molar-refractivity contribution >= 4 is 11.7 Å². The first-order valence-electron chi connectivity index (χ1n) is 6.90. The van der Waals surface area contributed by atoms with E-state index in [1.54, 1.807) is 12.3 Å². The molecule has 2 fully saturated rings. The maximum Gasteiger partial charge on any atom is 0.225 e. The van der Waals surface area contributed by atoms with E-state index in [1.165, 1.54) is 6.07 Å². The Hall–Kier alpha value is -1.65. The number of nitrogens with zero attached hydrogens (tertiary/aromatic N) is 2. The second-order valence-corrected chi connectivity index (χ2v) is 5.38. The normalized spacial score (nSPS) is 23.2. The SMILES string of the molecule is O=C(NC1CC1)C1CCCN(c2ncccc2F)C1. The number of carbonyl (C=O) groups excluding carboxylic acids is 1. The minimum atomic E-state index is -0.314. The first-order valence-corrected chi connectivity index (χ1v) is 6.90. The number of hydrogen-bond acceptors (Lipinski definition) is 3. The predicted molar refractivity (Wildman–Crippen MR) is 70.3 cm³/mol. The summed E-state index contributed by atoms with van der Waals surface area (Å²) < 4.78 is 13.7. The lowest BCUT2D eigenvalue weighted by atomic mass is 9.97. The van der Waals surface area contributed by atoms with Crippen LogP contribution in [0.3, 0.4) is 0 Å². The Bertz CT molecular complexity index is 476. The van der Waals surface area contributed by atoms with E-state index in [4.69, 9.17) is 0 Å². The average Bonchev–Trinajstić information content (AvgIpc) is 3.23. The van der Waals surface area contributed by atoms with E-state index in [1.807, 2.05) is 4.90 Å². The summed E-state index contributed by atoms with van der Waals surface area (Å²) in [4.78, 5) is 18.0. The molecule has 0 bridgehead atoms. The fourth-order valence-corrected chi connectivity index (χ4v) is 2.54. The molecule has 4 nitrogen and oxygen atoms in total. The lowest BCUT2D eigenvalue weighted by molar-refractivity contribution is -0.125. The summed E-state index contributed by atoms with van der Waals surface area (Å²) >= 11 is 0. The third-order valence-electron chi connectivity index (χ3n) is 3.75. The van der Waals surface area contributed by atoms with Gasteiger partial charge in [-0.2, -0.15) is 0 Å². The van der Waals surface area contributed by atoms with Gasteiger partial charge in [0.1, 0.15) is 0 Å². The first kappa shape index (κ1) is 12.4. The van der Waals surface area contributed by atoms with Gasteiger partial charge in [0.2, 0.25) is 5.91 Å². The van der Waals surface area contributed by atoms with Gasteiger partial charge in [0.05, 0.1) is 5.92 Å². The molecule has 1 aliphatic heterocycles. The quantitative estimate of drug-likeness (QED) is 0.903. The first-order chi connectivity index (χ1) is 9.24. The molecule has 1 saturated carbocycles. The number of nitrogens with one attached hydrogen (secondary N) is 1. The molecular weight excluding hydrogens is 245 g/mol. The molecule has 1 amide bonds. The fraction of sp³-hybridized carbons (Fsp3) is 0.571. The maximum atomic E-state index is 13.7. The Kier molecular flexibility index (Phi) is 3.36. The van der Waals surface area contributed by atoms with Crippen molar-refractivity contribution < 1.29 is 9.18 Å². The molecule has 0 aromatic carbocycles. The van der Waals surface area contributed by atoms with Gasteiger partial charge in [-0.15, -0.1) is 0 Å². The summed E-state index contributed by atoms with van der Waals surface area (Å²) in [5, 5.41) is 3.03. The van der Waals surface area contributed by atoms with Crippen LogP contribution in [0, 0.1) is 11.7 Å². The van der Waals surface area contributed by atoms with Crippen LogP contribution in [-0.4, -0.2) is 30.0 Å². The summed E-state index contributed by atoms with van der Waals surface area (Å²) in [5.41, 5.74) is 0. The van der Waals surface area contributed by atoms with Crippen LogP contribution in [0.1, 0.15) is 25.7 Å². The number of aromatic nitrogens is 1. The number of carbonyl (C=O) groups is 1. The number of halogens is 1. The molecule has 0 radical (unpaired) electrons. The smallest absolute Gasteiger partial charge is 0.225 e. The van der Waals surface area contributed by atoms with Gasteiger partial charge in [0.25, 0.3) is 0 Å². The van der Waals surface area contributed by atoms with Crippen LogP contribution < -0.4 is 10.2 Å². The largest absolute Gasteiger partial charge is 0.353 e. The van der Waals surface area contributed by atoms with Crippen LogP contribution in [0.5, 0.6) is 0 Å². The Morgan fingerprint density at radius 1 is 1.42 bits per heavy atom. The van der Waals surface area contributed by atoms with Crippen LogP contribution in [0.15, 0.2) is 18.3 Å². The zero-order chi connectivity index (χ0) is 13.2. The molecule has 1 aromatic rings. The Morgan fingerprint density at radius 3 is 3.00 bits per heavy atom. The van der Waals surface area contributed by atoms with Gasteiger partial charge in [-0.1, -0.05) is 0 Å². The molecule has 3 rings (SSSR count). The van der Waals surface area contributed by atoms with Crippen LogP contribution in [0.2, 0.25) is 0 Å². The fourth-order valence-electron chi connectivity index (χ4n) is 2.54. The number of amides is 1. The highest BCUT2D eigenvalue weighted by molar-refractivity contribution is 5.80. The van der Waals surface area contributed by atoms with Gasteiger partial charge in [0, 0.05) is 25.3 Å². The molecule has 1 N–H and O–H groups in total. The Labute approximate surface area is 112 Å². The van der Waals surface area contributed by atoms with Gasteiger partial charge in [-0.05, 0) is 37.8 Å². The highest BCUT2D eigenvalue weighted by atomic mass is 19.1. The van der Waals surface area contributed by atoms with Crippen LogP contribution in [0.4, 0.5) is 10.2 Å². The number of anilines is 1. The zero-order valence-corrected chi connectivity index (χ0v) is 10.8. The van der Waals surface area contributed by atoms with Crippen molar-refractivity contribution in [3.8, 4) is 0 Å². The minimum absolute atomic E-state index is 0.0456. The minimum Gasteiger partial charge on any atom is -0.353 e. The van der Waals surface area contributed by atoms with E-state index >= 15 is 0 Å². The Balaban J connectivity index is 1.67. The van der Waals surface area contributed by atoms with Crippen LogP contribution >= 0.6 is 0 Å². The predicted octanol–water partition coefficient (Wildman–Crippen LogP) is 1.72. The maximum absolute atomic E-state index is 13.7. The van der Waals surface area contributed by atoms with Gasteiger partial charge < -0.3 is 10.2 Å².